The van der Waals surface area contributed by atoms with Crippen LogP contribution in [0.25, 0.3) is 10.6 Å². The van der Waals surface area contributed by atoms with Crippen molar-refractivity contribution >= 4 is 34.7 Å². The van der Waals surface area contributed by atoms with Gasteiger partial charge in [-0.05, 0) is 109 Å². The molecule has 1 saturated carbocycles. The van der Waals surface area contributed by atoms with Gasteiger partial charge in [-0.1, -0.05) is 43.7 Å². The molecule has 6 unspecified atom stereocenters. The van der Waals surface area contributed by atoms with Gasteiger partial charge in [-0.25, -0.2) is 4.98 Å². The molecule has 4 heterocycles. The van der Waals surface area contributed by atoms with Crippen molar-refractivity contribution in [3.63, 3.8) is 0 Å². The Kier molecular flexibility index (Phi) is 14.7. The van der Waals surface area contributed by atoms with Gasteiger partial charge < -0.3 is 42.8 Å². The second-order valence-electron chi connectivity index (χ2n) is 18.8. The van der Waals surface area contributed by atoms with Crippen LogP contribution in [-0.2, 0) is 47.5 Å². The van der Waals surface area contributed by atoms with Gasteiger partial charge in [-0.3, -0.25) is 9.59 Å². The number of aromatic nitrogens is 1. The molecule has 0 spiro atoms. The number of Topliss-reactive ketones (excluding diaryl/α,β-unsaturated/α-hetero) is 1. The molecule has 4 fully saturated rings. The van der Waals surface area contributed by atoms with E-state index < -0.39 is 30.5 Å². The predicted octanol–water partition coefficient (Wildman–Crippen LogP) is 8.34. The number of methoxy groups -OCH3 is 3. The Hall–Kier alpha value is -2.30. The summed E-state index contributed by atoms with van der Waals surface area (Å²) in [7, 11) is 9.14. The van der Waals surface area contributed by atoms with Crippen LogP contribution in [0.15, 0.2) is 35.9 Å². The monoisotopic (exact) mass is 898 g/mol. The smallest absolute Gasteiger partial charge is 0.306 e. The number of hydrogen-bond acceptors (Lipinski definition) is 13. The van der Waals surface area contributed by atoms with Crippen LogP contribution in [0.5, 0.6) is 0 Å². The zero-order valence-corrected chi connectivity index (χ0v) is 39.4. The quantitative estimate of drug-likeness (QED) is 0.213. The fourth-order valence-corrected chi connectivity index (χ4v) is 13.2. The van der Waals surface area contributed by atoms with Gasteiger partial charge in [-0.15, -0.1) is 11.3 Å². The fraction of sp³-hybridized carbons (Fsp3) is 0.729. The minimum atomic E-state index is -0.666. The Morgan fingerprint density at radius 2 is 1.61 bits per heavy atom. The van der Waals surface area contributed by atoms with Gasteiger partial charge >= 0.3 is 5.97 Å². The van der Waals surface area contributed by atoms with E-state index in [1.807, 2.05) is 38.1 Å². The number of carbonyl (C=O) groups excluding carboxylic acids is 2. The molecular formula is C48H67ClN2O10S. The van der Waals surface area contributed by atoms with Crippen molar-refractivity contribution in [2.24, 2.45) is 23.7 Å². The lowest BCUT2D eigenvalue weighted by molar-refractivity contribution is -0.314. The maximum atomic E-state index is 15.2. The summed E-state index contributed by atoms with van der Waals surface area (Å²) in [4.78, 5) is 38.1. The maximum Gasteiger partial charge on any atom is 0.306 e. The number of fused-ring (bicyclic) bond motifs is 8. The highest BCUT2D eigenvalue weighted by molar-refractivity contribution is 7.15. The first-order valence-corrected chi connectivity index (χ1v) is 24.1. The average molecular weight is 900 g/mol. The van der Waals surface area contributed by atoms with Crippen molar-refractivity contribution in [1.29, 1.82) is 0 Å². The number of benzene rings is 1. The summed E-state index contributed by atoms with van der Waals surface area (Å²) in [6, 6.07) is 8.10. The molecule has 62 heavy (non-hydrogen) atoms. The number of nitrogens with zero attached hydrogens (tertiary/aromatic N) is 2. The minimum Gasteiger partial charge on any atom is -0.462 e. The van der Waals surface area contributed by atoms with E-state index in [4.69, 9.17) is 54.5 Å². The molecule has 0 radical (unpaired) electrons. The number of esters is 1. The van der Waals surface area contributed by atoms with E-state index >= 15 is 4.79 Å². The van der Waals surface area contributed by atoms with Crippen LogP contribution in [0, 0.1) is 23.7 Å². The van der Waals surface area contributed by atoms with Crippen molar-refractivity contribution in [3.05, 3.63) is 51.5 Å². The molecular weight excluding hydrogens is 832 g/mol. The van der Waals surface area contributed by atoms with Crippen molar-refractivity contribution in [2.45, 2.75) is 165 Å². The predicted molar refractivity (Wildman–Crippen MR) is 236 cm³/mol. The minimum absolute atomic E-state index is 0.00399. The number of thiazole rings is 1. The largest absolute Gasteiger partial charge is 0.462 e. The molecule has 3 aliphatic carbocycles. The van der Waals surface area contributed by atoms with E-state index in [1.165, 1.54) is 4.88 Å². The molecule has 3 saturated heterocycles. The number of ether oxygens (including phenoxy) is 8. The van der Waals surface area contributed by atoms with Gasteiger partial charge in [0.15, 0.2) is 18.4 Å². The summed E-state index contributed by atoms with van der Waals surface area (Å²) in [5.41, 5.74) is 2.66. The number of cyclic esters (lactones) is 1. The number of likely N-dealkylation sites (N-methyl/N-ethyl adjacent to an activating group) is 1. The third-order valence-electron chi connectivity index (χ3n) is 15.0. The third-order valence-corrected chi connectivity index (χ3v) is 16.5. The Morgan fingerprint density at radius 3 is 2.29 bits per heavy atom. The van der Waals surface area contributed by atoms with Gasteiger partial charge in [0.1, 0.15) is 29.4 Å². The normalized spacial score (nSPS) is 40.1. The van der Waals surface area contributed by atoms with Gasteiger partial charge in [0, 0.05) is 66.5 Å². The Balaban J connectivity index is 1.14. The van der Waals surface area contributed by atoms with Crippen LogP contribution >= 0.6 is 22.9 Å². The summed E-state index contributed by atoms with van der Waals surface area (Å²) in [5.74, 6) is -1.05. The summed E-state index contributed by atoms with van der Waals surface area (Å²) < 4.78 is 50.6. The fourth-order valence-electron chi connectivity index (χ4n) is 11.8. The summed E-state index contributed by atoms with van der Waals surface area (Å²) in [6.07, 6.45) is 5.16. The molecule has 0 amide bonds. The first kappa shape index (κ1) is 46.2. The topological polar surface area (TPSA) is 124 Å². The van der Waals surface area contributed by atoms with Gasteiger partial charge in [0.2, 0.25) is 0 Å². The number of carbonyl (C=O) groups is 2. The molecule has 1 aromatic heterocycles. The lowest BCUT2D eigenvalue weighted by Crippen LogP contribution is -2.59. The number of hydrogen-bond donors (Lipinski definition) is 0. The molecule has 6 aliphatic rings. The number of allylic oxidation sites excluding steroid dienone is 2. The molecule has 0 N–H and O–H groups in total. The van der Waals surface area contributed by atoms with Crippen molar-refractivity contribution < 1.29 is 47.5 Å². The highest BCUT2D eigenvalue weighted by atomic mass is 35.5. The maximum absolute atomic E-state index is 15.2. The van der Waals surface area contributed by atoms with Crippen molar-refractivity contribution in [1.82, 2.24) is 9.88 Å². The van der Waals surface area contributed by atoms with Crippen LogP contribution in [0.2, 0.25) is 5.02 Å². The second-order valence-corrected chi connectivity index (χ2v) is 20.2. The zero-order chi connectivity index (χ0) is 44.0. The Morgan fingerprint density at radius 1 is 0.871 bits per heavy atom. The van der Waals surface area contributed by atoms with E-state index in [9.17, 15) is 4.79 Å². The molecule has 1 aromatic carbocycles. The molecule has 12 nitrogen and oxygen atoms in total. The molecule has 17 atom stereocenters. The summed E-state index contributed by atoms with van der Waals surface area (Å²) >= 11 is 8.05. The summed E-state index contributed by atoms with van der Waals surface area (Å²) in [5, 5.41) is 1.56. The lowest BCUT2D eigenvalue weighted by atomic mass is 9.67. The third kappa shape index (κ3) is 9.11. The average Bonchev–Trinajstić information content (AvgIpc) is 3.97. The molecule has 8 rings (SSSR count). The molecule has 342 valence electrons. The number of ketones is 1. The molecule has 14 heteroatoms. The SMILES string of the molecule is CC[C@H]1CCC[C@H](O[C@H]2CC[C@H](N(C)C)C(C)O2)[C@@H](C)C(=O)C2=C[C@H]3[C@@H]4C[C@H](OC5OC(C)C(OC)C(OC)C5OC)C[C@H]4c4sc(-c5ccc(Cl)cc5)nc4[C@H]3[C@@H]2CC(=O)O1. The first-order chi connectivity index (χ1) is 29.8. The van der Waals surface area contributed by atoms with Crippen molar-refractivity contribution in [3.8, 4) is 10.6 Å². The Bertz CT molecular complexity index is 1910. The second kappa shape index (κ2) is 19.7. The van der Waals surface area contributed by atoms with Crippen molar-refractivity contribution in [2.75, 3.05) is 35.4 Å². The van der Waals surface area contributed by atoms with Crippen LogP contribution < -0.4 is 0 Å². The van der Waals surface area contributed by atoms with Crippen LogP contribution in [0.3, 0.4) is 0 Å². The number of halogens is 1. The molecule has 3 aliphatic heterocycles. The first-order valence-electron chi connectivity index (χ1n) is 22.9. The van der Waals surface area contributed by atoms with Crippen LogP contribution in [0.1, 0.15) is 108 Å². The van der Waals surface area contributed by atoms with E-state index in [0.717, 1.165) is 54.8 Å². The highest BCUT2D eigenvalue weighted by Gasteiger charge is 2.57. The van der Waals surface area contributed by atoms with Crippen LogP contribution in [-0.4, -0.2) is 125 Å². The van der Waals surface area contributed by atoms with E-state index in [0.29, 0.717) is 29.5 Å². The standard InChI is InChI=1S/C48H67ClN2O10S/c1-10-29-12-11-13-37(61-39-19-18-36(51(5)6)25(3)57-39)24(2)42(53)34-22-32-31-20-30(60-48-45(56-9)44(55-8)43(54-7)26(4)58-48)21-35(31)46-41(40(32)33(34)23-38(52)59-29)50-47(62-46)27-14-16-28(49)17-15-27/h14-17,22,24-26,29-33,35-37,39-40,43-45,48H,10-13,18-21,23H2,1-9H3/t24-,25?,26?,29+,30+,31+,32+,33-,35-,36+,37+,39+,40-,43?,44?,45?,48?/m1/s1. The summed E-state index contributed by atoms with van der Waals surface area (Å²) in [6.45, 7) is 8.16. The van der Waals surface area contributed by atoms with Gasteiger partial charge in [0.05, 0.1) is 36.5 Å². The zero-order valence-electron chi connectivity index (χ0n) is 37.8. The number of rotatable bonds is 10. The van der Waals surface area contributed by atoms with E-state index in [-0.39, 0.29) is 84.6 Å². The molecule has 0 bridgehead atoms. The van der Waals surface area contributed by atoms with Gasteiger partial charge in [-0.2, -0.15) is 0 Å². The molecule has 2 aromatic rings. The Labute approximate surface area is 376 Å². The highest BCUT2D eigenvalue weighted by Crippen LogP contribution is 2.63. The van der Waals surface area contributed by atoms with Crippen LogP contribution in [0.4, 0.5) is 0 Å². The lowest BCUT2D eigenvalue weighted by Gasteiger charge is -2.44. The van der Waals surface area contributed by atoms with E-state index in [2.05, 4.69) is 38.9 Å². The van der Waals surface area contributed by atoms with E-state index in [1.54, 1.807) is 32.7 Å². The van der Waals surface area contributed by atoms with Gasteiger partial charge in [0.25, 0.3) is 0 Å².